The van der Waals surface area contributed by atoms with Crippen LogP contribution < -0.4 is 0 Å². The molecule has 0 spiro atoms. The number of hydrogen-bond acceptors (Lipinski definition) is 3. The first-order valence-corrected chi connectivity index (χ1v) is 10.4. The molecule has 0 aliphatic heterocycles. The van der Waals surface area contributed by atoms with Gasteiger partial charge in [0, 0.05) is 17.0 Å². The van der Waals surface area contributed by atoms with Crippen LogP contribution in [-0.2, 0) is 11.3 Å². The number of allylic oxidation sites excluding steroid dienone is 8. The van der Waals surface area contributed by atoms with Crippen LogP contribution in [0.5, 0.6) is 0 Å². The fourth-order valence-corrected chi connectivity index (χ4v) is 2.42. The molecule has 0 amide bonds. The van der Waals surface area contributed by atoms with Crippen molar-refractivity contribution in [2.75, 3.05) is 0 Å². The van der Waals surface area contributed by atoms with E-state index in [-0.39, 0.29) is 0 Å². The molecule has 0 aliphatic carbocycles. The summed E-state index contributed by atoms with van der Waals surface area (Å²) >= 11 is 12.2. The van der Waals surface area contributed by atoms with Crippen LogP contribution in [0.3, 0.4) is 0 Å². The van der Waals surface area contributed by atoms with E-state index >= 15 is 0 Å². The fraction of sp³-hybridized carbons (Fsp3) is 0.391. The van der Waals surface area contributed by atoms with Gasteiger partial charge in [0.25, 0.3) is 0 Å². The lowest BCUT2D eigenvalue weighted by Crippen LogP contribution is -2.01. The van der Waals surface area contributed by atoms with Gasteiger partial charge in [-0.1, -0.05) is 69.6 Å². The molecule has 0 radical (unpaired) electrons. The molecule has 0 fully saturated rings. The maximum atomic E-state index is 9.00. The lowest BCUT2D eigenvalue weighted by atomic mass is 10.2. The van der Waals surface area contributed by atoms with Crippen molar-refractivity contribution in [3.63, 3.8) is 0 Å². The second kappa shape index (κ2) is 16.7. The molecule has 0 saturated carbocycles. The molecule has 4 nitrogen and oxygen atoms in total. The molecule has 0 bridgehead atoms. The van der Waals surface area contributed by atoms with E-state index in [1.807, 2.05) is 66.7 Å². The first-order valence-electron chi connectivity index (χ1n) is 9.62. The van der Waals surface area contributed by atoms with E-state index in [4.69, 9.17) is 33.2 Å². The van der Waals surface area contributed by atoms with Crippen molar-refractivity contribution in [1.29, 1.82) is 5.26 Å². The van der Waals surface area contributed by atoms with Crippen molar-refractivity contribution < 1.29 is 4.74 Å². The fourth-order valence-electron chi connectivity index (χ4n) is 2.03. The lowest BCUT2D eigenvalue weighted by molar-refractivity contribution is 0.209. The van der Waals surface area contributed by atoms with E-state index in [2.05, 4.69) is 11.7 Å². The quantitative estimate of drug-likeness (QED) is 0.247. The number of rotatable bonds is 7. The van der Waals surface area contributed by atoms with Gasteiger partial charge in [0.15, 0.2) is 0 Å². The Kier molecular flexibility index (Phi) is 16.7. The minimum atomic E-state index is 0.313. The molecule has 0 aromatic carbocycles. The van der Waals surface area contributed by atoms with Crippen molar-refractivity contribution in [1.82, 2.24) is 9.78 Å². The van der Waals surface area contributed by atoms with Gasteiger partial charge in [0.1, 0.15) is 18.4 Å². The van der Waals surface area contributed by atoms with Gasteiger partial charge in [0.05, 0.1) is 21.8 Å². The van der Waals surface area contributed by atoms with E-state index in [0.29, 0.717) is 28.0 Å². The largest absolute Gasteiger partial charge is 0.488 e. The average molecular weight is 438 g/mol. The monoisotopic (exact) mass is 437 g/mol. The third kappa shape index (κ3) is 9.69. The van der Waals surface area contributed by atoms with E-state index in [9.17, 15) is 0 Å². The summed E-state index contributed by atoms with van der Waals surface area (Å²) in [6.45, 7) is 19.4. The van der Waals surface area contributed by atoms with Gasteiger partial charge in [-0.25, -0.2) is 4.68 Å². The maximum Gasteiger partial charge on any atom is 0.133 e. The van der Waals surface area contributed by atoms with Gasteiger partial charge in [-0.3, -0.25) is 0 Å². The summed E-state index contributed by atoms with van der Waals surface area (Å²) in [5.41, 5.74) is 2.94. The molecule has 0 saturated heterocycles. The van der Waals surface area contributed by atoms with Crippen molar-refractivity contribution >= 4 is 28.9 Å². The highest BCUT2D eigenvalue weighted by Gasteiger charge is 2.10. The Labute approximate surface area is 186 Å². The summed E-state index contributed by atoms with van der Waals surface area (Å²) in [7, 11) is 0. The SMILES string of the molecule is C=C/C(C#N)=C(Cl)\C=C(/C)n1ncc(COC(/C=C\C)=C(/C)Cl)c1C.CC.CC. The number of ether oxygens (including phenoxy) is 1. The van der Waals surface area contributed by atoms with Gasteiger partial charge >= 0.3 is 0 Å². The van der Waals surface area contributed by atoms with Gasteiger partial charge in [0.2, 0.25) is 0 Å². The number of aromatic nitrogens is 2. The van der Waals surface area contributed by atoms with Crippen LogP contribution in [0, 0.1) is 18.3 Å². The highest BCUT2D eigenvalue weighted by atomic mass is 35.5. The molecule has 0 atom stereocenters. The van der Waals surface area contributed by atoms with Crippen LogP contribution in [0.1, 0.15) is 59.7 Å². The van der Waals surface area contributed by atoms with Crippen LogP contribution in [0.15, 0.2) is 58.5 Å². The third-order valence-electron chi connectivity index (χ3n) is 3.40. The molecule has 1 aromatic heterocycles. The predicted octanol–water partition coefficient (Wildman–Crippen LogP) is 7.87. The van der Waals surface area contributed by atoms with E-state index < -0.39 is 0 Å². The second-order valence-corrected chi connectivity index (χ2v) is 6.19. The number of halogens is 2. The average Bonchev–Trinajstić information content (AvgIpc) is 3.09. The normalized spacial score (nSPS) is 12.5. The van der Waals surface area contributed by atoms with E-state index in [0.717, 1.165) is 17.0 Å². The number of hydrogen-bond donors (Lipinski definition) is 0. The Morgan fingerprint density at radius 2 is 1.86 bits per heavy atom. The highest BCUT2D eigenvalue weighted by Crippen LogP contribution is 2.20. The molecule has 1 heterocycles. The summed E-state index contributed by atoms with van der Waals surface area (Å²) in [6, 6.07) is 1.99. The summed E-state index contributed by atoms with van der Waals surface area (Å²) in [4.78, 5) is 0. The van der Waals surface area contributed by atoms with Gasteiger partial charge in [-0.2, -0.15) is 10.4 Å². The van der Waals surface area contributed by atoms with Crippen LogP contribution in [0.25, 0.3) is 5.70 Å². The molecule has 6 heteroatoms. The van der Waals surface area contributed by atoms with Gasteiger partial charge in [-0.05, 0) is 39.8 Å². The van der Waals surface area contributed by atoms with Gasteiger partial charge in [-0.15, -0.1) is 0 Å². The lowest BCUT2D eigenvalue weighted by Gasteiger charge is -2.09. The highest BCUT2D eigenvalue weighted by molar-refractivity contribution is 6.32. The molecule has 1 rings (SSSR count). The molecule has 1 aromatic rings. The smallest absolute Gasteiger partial charge is 0.133 e. The van der Waals surface area contributed by atoms with Crippen molar-refractivity contribution in [2.45, 2.75) is 62.0 Å². The summed E-state index contributed by atoms with van der Waals surface area (Å²) < 4.78 is 7.50. The molecule has 29 heavy (non-hydrogen) atoms. The summed E-state index contributed by atoms with van der Waals surface area (Å²) in [6.07, 6.45) is 8.52. The second-order valence-electron chi connectivity index (χ2n) is 5.22. The molecule has 0 unspecified atom stereocenters. The standard InChI is InChI=1S/C19H21Cl2N3O.2C2H6/c1-6-8-19(14(4)20)25-12-17-11-23-24(15(17)5)13(3)9-18(21)16(7-2)10-22;2*1-2/h6-9,11H,2,12H2,1,3-5H3;2*1-2H3/b8-6-,13-9+,18-16-,19-14-;;. The number of nitriles is 1. The first kappa shape index (κ1) is 29.0. The molecule has 160 valence electrons. The maximum absolute atomic E-state index is 9.00. The molecular formula is C23H33Cl2N3O. The van der Waals surface area contributed by atoms with Crippen LogP contribution >= 0.6 is 23.2 Å². The van der Waals surface area contributed by atoms with Gasteiger partial charge < -0.3 is 4.74 Å². The zero-order chi connectivity index (χ0) is 23.0. The predicted molar refractivity (Wildman–Crippen MR) is 126 cm³/mol. The number of nitrogens with zero attached hydrogens (tertiary/aromatic N) is 3. The Bertz CT molecular complexity index is 803. The Hall–Kier alpha value is -2.22. The van der Waals surface area contributed by atoms with Crippen LogP contribution in [-0.4, -0.2) is 9.78 Å². The Morgan fingerprint density at radius 3 is 2.31 bits per heavy atom. The summed E-state index contributed by atoms with van der Waals surface area (Å²) in [5.74, 6) is 0.624. The first-order chi connectivity index (χ1) is 13.8. The topological polar surface area (TPSA) is 50.8 Å². The van der Waals surface area contributed by atoms with E-state index in [1.165, 1.54) is 6.08 Å². The zero-order valence-electron chi connectivity index (χ0n) is 18.8. The molecule has 0 aliphatic rings. The minimum Gasteiger partial charge on any atom is -0.488 e. The van der Waals surface area contributed by atoms with E-state index in [1.54, 1.807) is 23.9 Å². The molecule has 0 N–H and O–H groups in total. The van der Waals surface area contributed by atoms with Crippen molar-refractivity contribution in [3.8, 4) is 6.07 Å². The Morgan fingerprint density at radius 1 is 1.28 bits per heavy atom. The van der Waals surface area contributed by atoms with Crippen molar-refractivity contribution in [2.24, 2.45) is 0 Å². The van der Waals surface area contributed by atoms with Crippen LogP contribution in [0.4, 0.5) is 0 Å². The Balaban J connectivity index is 0. The summed E-state index contributed by atoms with van der Waals surface area (Å²) in [5, 5.41) is 14.3. The van der Waals surface area contributed by atoms with Crippen molar-refractivity contribution in [3.05, 3.63) is 69.7 Å². The minimum absolute atomic E-state index is 0.313. The zero-order valence-corrected chi connectivity index (χ0v) is 20.3. The van der Waals surface area contributed by atoms with Crippen LogP contribution in [0.2, 0.25) is 0 Å². The molecular weight excluding hydrogens is 405 g/mol. The third-order valence-corrected chi connectivity index (χ3v) is 3.90.